The summed E-state index contributed by atoms with van der Waals surface area (Å²) >= 11 is 7.46. The van der Waals surface area contributed by atoms with Gasteiger partial charge in [0.05, 0.1) is 17.2 Å². The number of hydrogen-bond donors (Lipinski definition) is 1. The topological polar surface area (TPSA) is 58.4 Å². The lowest BCUT2D eigenvalue weighted by Crippen LogP contribution is -2.54. The average Bonchev–Trinajstić information content (AvgIpc) is 3.09. The van der Waals surface area contributed by atoms with Gasteiger partial charge in [0.2, 0.25) is 11.8 Å². The molecule has 134 valence electrons. The van der Waals surface area contributed by atoms with Gasteiger partial charge in [-0.3, -0.25) is 4.79 Å². The monoisotopic (exact) mass is 379 g/mol. The van der Waals surface area contributed by atoms with Crippen molar-refractivity contribution in [3.63, 3.8) is 0 Å². The van der Waals surface area contributed by atoms with Crippen molar-refractivity contribution in [3.8, 4) is 11.3 Å². The summed E-state index contributed by atoms with van der Waals surface area (Å²) in [6, 6.07) is 7.68. The molecular formula is C18H22ClN3O2S. The van der Waals surface area contributed by atoms with E-state index in [2.05, 4.69) is 17.2 Å². The minimum atomic E-state index is -0.119. The first kappa shape index (κ1) is 18.3. The highest BCUT2D eigenvalue weighted by Gasteiger charge is 2.27. The van der Waals surface area contributed by atoms with E-state index in [-0.39, 0.29) is 17.2 Å². The summed E-state index contributed by atoms with van der Waals surface area (Å²) in [6.45, 7) is 6.51. The third-order valence-electron chi connectivity index (χ3n) is 4.27. The molecule has 7 heteroatoms. The normalized spacial score (nSPS) is 19.0. The van der Waals surface area contributed by atoms with Crippen molar-refractivity contribution >= 4 is 29.3 Å². The van der Waals surface area contributed by atoms with E-state index < -0.39 is 0 Å². The smallest absolute Gasteiger partial charge is 0.235 e. The molecule has 0 spiro atoms. The van der Waals surface area contributed by atoms with Crippen LogP contribution in [0.4, 0.5) is 0 Å². The Morgan fingerprint density at radius 2 is 2.24 bits per heavy atom. The summed E-state index contributed by atoms with van der Waals surface area (Å²) in [6.07, 6.45) is 1.71. The summed E-state index contributed by atoms with van der Waals surface area (Å²) in [5.74, 6) is 2.09. The van der Waals surface area contributed by atoms with Gasteiger partial charge in [0.1, 0.15) is 0 Å². The number of rotatable bonds is 5. The van der Waals surface area contributed by atoms with Crippen LogP contribution in [0.15, 0.2) is 34.9 Å². The number of aromatic nitrogens is 1. The highest BCUT2D eigenvalue weighted by Crippen LogP contribution is 2.25. The zero-order valence-corrected chi connectivity index (χ0v) is 15.9. The fraction of sp³-hybridized carbons (Fsp3) is 0.444. The molecule has 2 heterocycles. The van der Waals surface area contributed by atoms with Crippen molar-refractivity contribution in [2.45, 2.75) is 30.9 Å². The number of hydrogen-bond acceptors (Lipinski definition) is 5. The second-order valence-corrected chi connectivity index (χ2v) is 7.93. The highest BCUT2D eigenvalue weighted by atomic mass is 35.5. The van der Waals surface area contributed by atoms with Gasteiger partial charge in [-0.05, 0) is 38.1 Å². The third kappa shape index (κ3) is 4.57. The number of thioether (sulfide) groups is 1. The largest absolute Gasteiger partial charge is 0.440 e. The van der Waals surface area contributed by atoms with Gasteiger partial charge in [-0.15, -0.1) is 11.8 Å². The lowest BCUT2D eigenvalue weighted by Gasteiger charge is -2.35. The molecule has 0 bridgehead atoms. The molecule has 1 aliphatic heterocycles. The average molecular weight is 380 g/mol. The number of piperazine rings is 1. The van der Waals surface area contributed by atoms with Crippen molar-refractivity contribution in [2.75, 3.05) is 19.6 Å². The van der Waals surface area contributed by atoms with Crippen molar-refractivity contribution < 1.29 is 9.21 Å². The molecule has 1 aromatic heterocycles. The minimum Gasteiger partial charge on any atom is -0.440 e. The van der Waals surface area contributed by atoms with Gasteiger partial charge in [0.25, 0.3) is 0 Å². The molecule has 1 N–H and O–H groups in total. The van der Waals surface area contributed by atoms with Crippen LogP contribution in [0, 0.1) is 0 Å². The molecule has 0 saturated carbocycles. The van der Waals surface area contributed by atoms with Crippen LogP contribution >= 0.6 is 23.4 Å². The Labute approximate surface area is 157 Å². The summed E-state index contributed by atoms with van der Waals surface area (Å²) in [5, 5.41) is 3.87. The highest BCUT2D eigenvalue weighted by molar-refractivity contribution is 7.99. The summed E-state index contributed by atoms with van der Waals surface area (Å²) in [4.78, 5) is 18.9. The first-order valence-electron chi connectivity index (χ1n) is 8.38. The molecule has 2 aromatic rings. The molecule has 25 heavy (non-hydrogen) atoms. The number of halogens is 1. The maximum Gasteiger partial charge on any atom is 0.235 e. The molecule has 2 unspecified atom stereocenters. The van der Waals surface area contributed by atoms with E-state index in [9.17, 15) is 4.79 Å². The van der Waals surface area contributed by atoms with Crippen molar-refractivity contribution in [2.24, 2.45) is 0 Å². The van der Waals surface area contributed by atoms with Gasteiger partial charge < -0.3 is 14.6 Å². The van der Waals surface area contributed by atoms with Crippen LogP contribution in [0.5, 0.6) is 0 Å². The maximum atomic E-state index is 12.6. The zero-order chi connectivity index (χ0) is 17.8. The Balaban J connectivity index is 1.56. The van der Waals surface area contributed by atoms with Gasteiger partial charge >= 0.3 is 0 Å². The van der Waals surface area contributed by atoms with E-state index in [4.69, 9.17) is 16.0 Å². The van der Waals surface area contributed by atoms with Gasteiger partial charge in [-0.2, -0.15) is 0 Å². The van der Waals surface area contributed by atoms with E-state index in [1.54, 1.807) is 18.0 Å². The molecule has 1 amide bonds. The van der Waals surface area contributed by atoms with E-state index in [0.717, 1.165) is 25.2 Å². The summed E-state index contributed by atoms with van der Waals surface area (Å²) < 4.78 is 5.80. The molecule has 3 rings (SSSR count). The van der Waals surface area contributed by atoms with Gasteiger partial charge in [-0.1, -0.05) is 11.6 Å². The van der Waals surface area contributed by atoms with Gasteiger partial charge in [0.15, 0.2) is 5.76 Å². The number of carbonyl (C=O) groups is 1. The number of nitrogens with zero attached hydrogens (tertiary/aromatic N) is 2. The number of carbonyl (C=O) groups excluding carboxylic acids is 1. The Morgan fingerprint density at radius 3 is 2.96 bits per heavy atom. The lowest BCUT2D eigenvalue weighted by molar-refractivity contribution is -0.133. The van der Waals surface area contributed by atoms with Crippen molar-refractivity contribution in [1.82, 2.24) is 15.2 Å². The molecule has 5 nitrogen and oxygen atoms in total. The number of benzene rings is 1. The van der Waals surface area contributed by atoms with Crippen molar-refractivity contribution in [1.29, 1.82) is 0 Å². The maximum absolute atomic E-state index is 12.6. The lowest BCUT2D eigenvalue weighted by atomic mass is 10.2. The van der Waals surface area contributed by atoms with Crippen LogP contribution in [0.3, 0.4) is 0 Å². The van der Waals surface area contributed by atoms with Crippen LogP contribution in [0.25, 0.3) is 11.3 Å². The van der Waals surface area contributed by atoms with E-state index in [1.165, 1.54) is 0 Å². The molecule has 0 radical (unpaired) electrons. The summed E-state index contributed by atoms with van der Waals surface area (Å²) in [7, 11) is 0. The van der Waals surface area contributed by atoms with E-state index in [1.807, 2.05) is 36.1 Å². The molecule has 1 aromatic carbocycles. The zero-order valence-electron chi connectivity index (χ0n) is 14.4. The first-order valence-corrected chi connectivity index (χ1v) is 9.80. The first-order chi connectivity index (χ1) is 12.0. The Morgan fingerprint density at radius 1 is 1.48 bits per heavy atom. The van der Waals surface area contributed by atoms with Crippen LogP contribution < -0.4 is 5.32 Å². The Kier molecular flexibility index (Phi) is 6.04. The van der Waals surface area contributed by atoms with E-state index >= 15 is 0 Å². The Hall–Kier alpha value is -1.50. The Bertz CT molecular complexity index is 719. The molecule has 2 atom stereocenters. The SMILES string of the molecule is CC(SCc1ncc(-c2ccc(Cl)cc2)o1)C(=O)N1CCNCC1C. The number of nitrogens with one attached hydrogen (secondary N) is 1. The van der Waals surface area contributed by atoms with Crippen LogP contribution in [0.2, 0.25) is 5.02 Å². The fourth-order valence-electron chi connectivity index (χ4n) is 2.79. The van der Waals surface area contributed by atoms with Gasteiger partial charge in [0, 0.05) is 36.3 Å². The predicted octanol–water partition coefficient (Wildman–Crippen LogP) is 3.44. The molecule has 1 fully saturated rings. The molecule has 0 aliphatic carbocycles. The van der Waals surface area contributed by atoms with Crippen LogP contribution in [-0.4, -0.2) is 46.7 Å². The number of oxazole rings is 1. The third-order valence-corrected chi connectivity index (χ3v) is 5.64. The van der Waals surface area contributed by atoms with Crippen LogP contribution in [0.1, 0.15) is 19.7 Å². The molecule has 1 aliphatic rings. The van der Waals surface area contributed by atoms with Gasteiger partial charge in [-0.25, -0.2) is 4.98 Å². The minimum absolute atomic E-state index is 0.119. The number of amides is 1. The second kappa shape index (κ2) is 8.25. The quantitative estimate of drug-likeness (QED) is 0.862. The standard InChI is InChI=1S/C18H22ClN3O2S/c1-12-9-20-7-8-22(12)18(23)13(2)25-11-17-21-10-16(24-17)14-3-5-15(19)6-4-14/h3-6,10,12-13,20H,7-9,11H2,1-2H3. The van der Waals surface area contributed by atoms with E-state index in [0.29, 0.717) is 22.4 Å². The second-order valence-electron chi connectivity index (χ2n) is 6.16. The molecular weight excluding hydrogens is 358 g/mol. The van der Waals surface area contributed by atoms with Crippen molar-refractivity contribution in [3.05, 3.63) is 41.4 Å². The fourth-order valence-corrected chi connectivity index (χ4v) is 3.72. The predicted molar refractivity (Wildman–Crippen MR) is 102 cm³/mol. The van der Waals surface area contributed by atoms with Crippen LogP contribution in [-0.2, 0) is 10.5 Å². The molecule has 1 saturated heterocycles. The summed E-state index contributed by atoms with van der Waals surface area (Å²) in [5.41, 5.74) is 0.937.